The van der Waals surface area contributed by atoms with Crippen LogP contribution in [0.25, 0.3) is 0 Å². The fourth-order valence-corrected chi connectivity index (χ4v) is 4.39. The molecule has 1 N–H and O–H groups in total. The van der Waals surface area contributed by atoms with Crippen LogP contribution in [0.2, 0.25) is 0 Å². The molecule has 1 aromatic rings. The van der Waals surface area contributed by atoms with E-state index in [1.165, 1.54) is 44.1 Å². The van der Waals surface area contributed by atoms with Crippen LogP contribution in [0.4, 0.5) is 0 Å². The van der Waals surface area contributed by atoms with Gasteiger partial charge in [-0.05, 0) is 43.1 Å². The van der Waals surface area contributed by atoms with Crippen molar-refractivity contribution < 1.29 is 0 Å². The van der Waals surface area contributed by atoms with Crippen molar-refractivity contribution in [3.05, 3.63) is 35.9 Å². The third-order valence-corrected chi connectivity index (χ3v) is 5.35. The molecule has 4 atom stereocenters. The van der Waals surface area contributed by atoms with Crippen molar-refractivity contribution in [1.29, 1.82) is 0 Å². The lowest BCUT2D eigenvalue weighted by atomic mass is 9.85. The summed E-state index contributed by atoms with van der Waals surface area (Å²) in [6, 6.07) is 12.6. The molecule has 1 nitrogen and oxygen atoms in total. The topological polar surface area (TPSA) is 12.0 Å². The van der Waals surface area contributed by atoms with Gasteiger partial charge in [0.05, 0.1) is 0 Å². The first-order valence-electron chi connectivity index (χ1n) is 7.69. The van der Waals surface area contributed by atoms with Crippen LogP contribution in [-0.2, 0) is 0 Å². The highest BCUT2D eigenvalue weighted by atomic mass is 15.0. The molecule has 2 unspecified atom stereocenters. The van der Waals surface area contributed by atoms with Crippen molar-refractivity contribution in [3.8, 4) is 0 Å². The predicted octanol–water partition coefficient (Wildman–Crippen LogP) is 3.71. The van der Waals surface area contributed by atoms with E-state index >= 15 is 0 Å². The molecule has 0 amide bonds. The van der Waals surface area contributed by atoms with Crippen LogP contribution < -0.4 is 5.32 Å². The van der Waals surface area contributed by atoms with E-state index in [-0.39, 0.29) is 0 Å². The molecule has 3 fully saturated rings. The molecule has 2 bridgehead atoms. The van der Waals surface area contributed by atoms with Gasteiger partial charge in [0.1, 0.15) is 0 Å². The van der Waals surface area contributed by atoms with Gasteiger partial charge in [0.15, 0.2) is 0 Å². The largest absolute Gasteiger partial charge is 0.311 e. The number of rotatable bonds is 3. The van der Waals surface area contributed by atoms with Crippen LogP contribution in [0.5, 0.6) is 0 Å². The number of hydrogen-bond donors (Lipinski definition) is 1. The van der Waals surface area contributed by atoms with E-state index in [2.05, 4.69) is 35.6 Å². The monoisotopic (exact) mass is 241 g/mol. The molecule has 0 radical (unpaired) electrons. The number of nitrogens with one attached hydrogen (secondary N) is 1. The zero-order valence-corrected chi connectivity index (χ0v) is 11.0. The van der Waals surface area contributed by atoms with E-state index in [0.29, 0.717) is 0 Å². The Morgan fingerprint density at radius 3 is 2.28 bits per heavy atom. The van der Waals surface area contributed by atoms with E-state index in [0.717, 1.165) is 29.8 Å². The standard InChI is InChI=1S/C17H23N/c1-2-4-14(5-3-1)16-11-17(16)18-15-9-12-6-7-13(8-12)10-15/h1-5,12-13,15-18H,6-11H2/t12?,13?,15?,16-,17+/m1/s1. The number of benzene rings is 1. The average molecular weight is 241 g/mol. The van der Waals surface area contributed by atoms with Gasteiger partial charge >= 0.3 is 0 Å². The van der Waals surface area contributed by atoms with Gasteiger partial charge in [0.25, 0.3) is 0 Å². The Kier molecular flexibility index (Phi) is 2.69. The molecule has 0 spiro atoms. The average Bonchev–Trinajstić information content (AvgIpc) is 3.08. The Hall–Kier alpha value is -0.820. The van der Waals surface area contributed by atoms with Crippen LogP contribution >= 0.6 is 0 Å². The highest BCUT2D eigenvalue weighted by Gasteiger charge is 2.42. The minimum absolute atomic E-state index is 0.773. The van der Waals surface area contributed by atoms with Gasteiger partial charge in [-0.2, -0.15) is 0 Å². The lowest BCUT2D eigenvalue weighted by molar-refractivity contribution is 0.278. The van der Waals surface area contributed by atoms with Crippen molar-refractivity contribution in [1.82, 2.24) is 5.32 Å². The lowest BCUT2D eigenvalue weighted by Crippen LogP contribution is -2.36. The minimum atomic E-state index is 0.773. The molecular formula is C17H23N. The summed E-state index contributed by atoms with van der Waals surface area (Å²) in [5, 5.41) is 3.94. The molecule has 0 saturated heterocycles. The van der Waals surface area contributed by atoms with Crippen LogP contribution in [0.15, 0.2) is 30.3 Å². The van der Waals surface area contributed by atoms with Gasteiger partial charge in [-0.3, -0.25) is 0 Å². The van der Waals surface area contributed by atoms with Crippen molar-refractivity contribution >= 4 is 0 Å². The maximum absolute atomic E-state index is 3.94. The second-order valence-corrected chi connectivity index (χ2v) is 6.74. The molecule has 4 rings (SSSR count). The fourth-order valence-electron chi connectivity index (χ4n) is 4.39. The highest BCUT2D eigenvalue weighted by Crippen LogP contribution is 2.45. The van der Waals surface area contributed by atoms with E-state index < -0.39 is 0 Å². The van der Waals surface area contributed by atoms with Gasteiger partial charge in [-0.25, -0.2) is 0 Å². The molecule has 3 saturated carbocycles. The summed E-state index contributed by atoms with van der Waals surface area (Å²) in [4.78, 5) is 0. The Bertz CT molecular complexity index is 401. The smallest absolute Gasteiger partial charge is 0.0145 e. The van der Waals surface area contributed by atoms with Crippen LogP contribution in [0.1, 0.15) is 50.0 Å². The molecule has 0 heterocycles. The predicted molar refractivity (Wildman–Crippen MR) is 74.6 cm³/mol. The number of hydrogen-bond acceptors (Lipinski definition) is 1. The second kappa shape index (κ2) is 4.38. The summed E-state index contributed by atoms with van der Waals surface area (Å²) in [6.07, 6.45) is 8.81. The normalized spacial score (nSPS) is 41.9. The maximum atomic E-state index is 3.94. The van der Waals surface area contributed by atoms with Crippen molar-refractivity contribution in [3.63, 3.8) is 0 Å². The van der Waals surface area contributed by atoms with Gasteiger partial charge < -0.3 is 5.32 Å². The van der Waals surface area contributed by atoms with Crippen molar-refractivity contribution in [2.75, 3.05) is 0 Å². The third kappa shape index (κ3) is 2.09. The van der Waals surface area contributed by atoms with Gasteiger partial charge in [0.2, 0.25) is 0 Å². The molecule has 0 aliphatic heterocycles. The summed E-state index contributed by atoms with van der Waals surface area (Å²) < 4.78 is 0. The van der Waals surface area contributed by atoms with E-state index in [1.807, 2.05) is 0 Å². The van der Waals surface area contributed by atoms with Crippen molar-refractivity contribution in [2.45, 2.75) is 56.5 Å². The SMILES string of the molecule is c1ccc([C@H]2C[C@@H]2NC2CC3CCC(C3)C2)cc1. The molecule has 1 aromatic carbocycles. The summed E-state index contributed by atoms with van der Waals surface area (Å²) >= 11 is 0. The Morgan fingerprint density at radius 2 is 1.56 bits per heavy atom. The summed E-state index contributed by atoms with van der Waals surface area (Å²) in [5.74, 6) is 2.90. The molecule has 3 aliphatic rings. The van der Waals surface area contributed by atoms with Crippen LogP contribution in [0, 0.1) is 11.8 Å². The summed E-state index contributed by atoms with van der Waals surface area (Å²) in [6.45, 7) is 0. The molecule has 0 aromatic heterocycles. The second-order valence-electron chi connectivity index (χ2n) is 6.74. The minimum Gasteiger partial charge on any atom is -0.311 e. The van der Waals surface area contributed by atoms with Gasteiger partial charge in [-0.15, -0.1) is 0 Å². The van der Waals surface area contributed by atoms with E-state index in [4.69, 9.17) is 0 Å². The first-order chi connectivity index (χ1) is 8.88. The first-order valence-corrected chi connectivity index (χ1v) is 7.69. The fraction of sp³-hybridized carbons (Fsp3) is 0.647. The molecule has 18 heavy (non-hydrogen) atoms. The molecule has 3 aliphatic carbocycles. The summed E-state index contributed by atoms with van der Waals surface area (Å²) in [5.41, 5.74) is 1.54. The Labute approximate surface area is 110 Å². The molecule has 1 heteroatoms. The quantitative estimate of drug-likeness (QED) is 0.850. The zero-order valence-electron chi connectivity index (χ0n) is 11.0. The maximum Gasteiger partial charge on any atom is 0.0145 e. The van der Waals surface area contributed by atoms with E-state index in [9.17, 15) is 0 Å². The zero-order chi connectivity index (χ0) is 11.9. The summed E-state index contributed by atoms with van der Waals surface area (Å²) in [7, 11) is 0. The van der Waals surface area contributed by atoms with Crippen LogP contribution in [0.3, 0.4) is 0 Å². The lowest BCUT2D eigenvalue weighted by Gasteiger charge is -2.28. The molecule has 96 valence electrons. The van der Waals surface area contributed by atoms with Gasteiger partial charge in [0, 0.05) is 18.0 Å². The van der Waals surface area contributed by atoms with Gasteiger partial charge in [-0.1, -0.05) is 43.2 Å². The number of fused-ring (bicyclic) bond motifs is 2. The van der Waals surface area contributed by atoms with E-state index in [1.54, 1.807) is 0 Å². The Morgan fingerprint density at radius 1 is 0.833 bits per heavy atom. The first kappa shape index (κ1) is 11.0. The highest BCUT2D eigenvalue weighted by molar-refractivity contribution is 5.27. The van der Waals surface area contributed by atoms with Crippen molar-refractivity contribution in [2.24, 2.45) is 11.8 Å². The molecular weight excluding hydrogens is 218 g/mol. The third-order valence-electron chi connectivity index (χ3n) is 5.35. The Balaban J connectivity index is 1.35. The van der Waals surface area contributed by atoms with Crippen LogP contribution in [-0.4, -0.2) is 12.1 Å².